The Hall–Kier alpha value is -0.113. The Morgan fingerprint density at radius 3 is 1.89 bits per heavy atom. The van der Waals surface area contributed by atoms with Crippen LogP contribution >= 0.6 is 0 Å². The molecule has 0 aliphatic heterocycles. The second-order valence-electron chi connectivity index (χ2n) is 4.01. The van der Waals surface area contributed by atoms with Gasteiger partial charge in [-0.05, 0) is 5.54 Å². The first-order valence-electron chi connectivity index (χ1n) is 3.52. The molecule has 0 heterocycles. The van der Waals surface area contributed by atoms with E-state index >= 15 is 0 Å². The van der Waals surface area contributed by atoms with Gasteiger partial charge in [0.1, 0.15) is 5.78 Å². The Balaban J connectivity index is 2.40. The molecule has 1 aliphatic rings. The summed E-state index contributed by atoms with van der Waals surface area (Å²) >= 11 is 0. The lowest BCUT2D eigenvalue weighted by molar-refractivity contribution is -0.123. The highest BCUT2D eigenvalue weighted by Crippen LogP contribution is 2.37. The van der Waals surface area contributed by atoms with Crippen molar-refractivity contribution >= 4 is 13.9 Å². The Labute approximate surface area is 57.5 Å². The maximum Gasteiger partial charge on any atom is 0.132 e. The molecule has 0 amide bonds. The summed E-state index contributed by atoms with van der Waals surface area (Å²) in [4.78, 5) is 10.6. The summed E-state index contributed by atoms with van der Waals surface area (Å²) in [5, 5.41) is 0. The highest BCUT2D eigenvalue weighted by atomic mass is 28.3. The molecule has 0 aromatic carbocycles. The fourth-order valence-electron chi connectivity index (χ4n) is 1.10. The topological polar surface area (TPSA) is 17.1 Å². The smallest absolute Gasteiger partial charge is 0.132 e. The van der Waals surface area contributed by atoms with E-state index in [9.17, 15) is 4.79 Å². The molecule has 0 N–H and O–H groups in total. The Morgan fingerprint density at radius 2 is 1.78 bits per heavy atom. The van der Waals surface area contributed by atoms with E-state index in [1.807, 2.05) is 0 Å². The second-order valence-corrected chi connectivity index (χ2v) is 9.56. The van der Waals surface area contributed by atoms with Crippen LogP contribution in [0.5, 0.6) is 0 Å². The SMILES string of the molecule is C[Si](C)(C)C1CC(=O)C1. The first-order valence-corrected chi connectivity index (χ1v) is 7.09. The lowest BCUT2D eigenvalue weighted by Gasteiger charge is -2.34. The molecule has 1 nitrogen and oxygen atoms in total. The summed E-state index contributed by atoms with van der Waals surface area (Å²) in [5.41, 5.74) is 0.796. The Kier molecular flexibility index (Phi) is 1.51. The van der Waals surface area contributed by atoms with Crippen LogP contribution in [0.15, 0.2) is 0 Å². The number of hydrogen-bond acceptors (Lipinski definition) is 1. The largest absolute Gasteiger partial charge is 0.300 e. The van der Waals surface area contributed by atoms with Crippen molar-refractivity contribution in [2.45, 2.75) is 38.0 Å². The van der Waals surface area contributed by atoms with E-state index < -0.39 is 8.07 Å². The zero-order valence-corrected chi connectivity index (χ0v) is 7.40. The van der Waals surface area contributed by atoms with E-state index in [0.717, 1.165) is 18.4 Å². The molecule has 1 rings (SSSR count). The minimum absolute atomic E-state index is 0.474. The molecule has 1 saturated carbocycles. The van der Waals surface area contributed by atoms with E-state index in [4.69, 9.17) is 0 Å². The van der Waals surface area contributed by atoms with Crippen molar-refractivity contribution in [2.24, 2.45) is 0 Å². The van der Waals surface area contributed by atoms with Crippen molar-refractivity contribution in [1.82, 2.24) is 0 Å². The molecule has 0 spiro atoms. The fourth-order valence-corrected chi connectivity index (χ4v) is 2.78. The van der Waals surface area contributed by atoms with Crippen LogP contribution in [-0.2, 0) is 4.79 Å². The predicted molar refractivity (Wildman–Crippen MR) is 41.3 cm³/mol. The Morgan fingerprint density at radius 1 is 1.33 bits per heavy atom. The molecule has 0 atom stereocenters. The molecule has 1 aliphatic carbocycles. The van der Waals surface area contributed by atoms with Gasteiger partial charge in [0.25, 0.3) is 0 Å². The summed E-state index contributed by atoms with van der Waals surface area (Å²) in [6.07, 6.45) is 1.77. The minimum Gasteiger partial charge on any atom is -0.300 e. The second kappa shape index (κ2) is 1.94. The normalized spacial score (nSPS) is 21.9. The van der Waals surface area contributed by atoms with Crippen molar-refractivity contribution in [3.05, 3.63) is 0 Å². The van der Waals surface area contributed by atoms with Gasteiger partial charge < -0.3 is 0 Å². The summed E-state index contributed by atoms with van der Waals surface area (Å²) in [5.74, 6) is 0.474. The summed E-state index contributed by atoms with van der Waals surface area (Å²) in [6.45, 7) is 7.01. The zero-order chi connectivity index (χ0) is 7.07. The van der Waals surface area contributed by atoms with Gasteiger partial charge in [0.2, 0.25) is 0 Å². The van der Waals surface area contributed by atoms with Gasteiger partial charge in [0, 0.05) is 20.9 Å². The van der Waals surface area contributed by atoms with Gasteiger partial charge in [-0.15, -0.1) is 0 Å². The number of carbonyl (C=O) groups is 1. The van der Waals surface area contributed by atoms with Gasteiger partial charge in [-0.2, -0.15) is 0 Å². The molecule has 2 heteroatoms. The van der Waals surface area contributed by atoms with E-state index in [1.54, 1.807) is 0 Å². The van der Waals surface area contributed by atoms with Gasteiger partial charge in [-0.25, -0.2) is 0 Å². The van der Waals surface area contributed by atoms with Crippen molar-refractivity contribution in [3.8, 4) is 0 Å². The number of carbonyl (C=O) groups excluding carboxylic acids is 1. The molecule has 0 radical (unpaired) electrons. The Bertz CT molecular complexity index is 126. The maximum absolute atomic E-state index is 10.6. The van der Waals surface area contributed by atoms with Crippen LogP contribution in [0.4, 0.5) is 0 Å². The quantitative estimate of drug-likeness (QED) is 0.512. The number of ketones is 1. The molecular formula is C7H14OSi. The molecule has 0 saturated heterocycles. The number of Topliss-reactive ketones (excluding diaryl/α,β-unsaturated/α-hetero) is 1. The molecule has 1 fully saturated rings. The average Bonchev–Trinajstić information content (AvgIpc) is 1.55. The van der Waals surface area contributed by atoms with Gasteiger partial charge >= 0.3 is 0 Å². The molecule has 0 unspecified atom stereocenters. The van der Waals surface area contributed by atoms with Crippen molar-refractivity contribution in [3.63, 3.8) is 0 Å². The van der Waals surface area contributed by atoms with Crippen LogP contribution in [0.2, 0.25) is 25.2 Å². The van der Waals surface area contributed by atoms with Gasteiger partial charge in [0.15, 0.2) is 0 Å². The molecule has 0 bridgehead atoms. The molecule has 52 valence electrons. The van der Waals surface area contributed by atoms with E-state index in [2.05, 4.69) is 19.6 Å². The summed E-state index contributed by atoms with van der Waals surface area (Å²) < 4.78 is 0. The van der Waals surface area contributed by atoms with Gasteiger partial charge in [-0.3, -0.25) is 4.79 Å². The predicted octanol–water partition coefficient (Wildman–Crippen LogP) is 2.06. The van der Waals surface area contributed by atoms with Crippen LogP contribution in [-0.4, -0.2) is 13.9 Å². The molecule has 0 aromatic rings. The van der Waals surface area contributed by atoms with Crippen LogP contribution in [0.3, 0.4) is 0 Å². The van der Waals surface area contributed by atoms with Crippen LogP contribution in [0.1, 0.15) is 12.8 Å². The average molecular weight is 142 g/mol. The third-order valence-corrected chi connectivity index (χ3v) is 5.03. The number of rotatable bonds is 1. The van der Waals surface area contributed by atoms with Crippen LogP contribution in [0.25, 0.3) is 0 Å². The molecular weight excluding hydrogens is 128 g/mol. The van der Waals surface area contributed by atoms with Crippen LogP contribution < -0.4 is 0 Å². The van der Waals surface area contributed by atoms with Gasteiger partial charge in [0.05, 0.1) is 0 Å². The fraction of sp³-hybridized carbons (Fsp3) is 0.857. The monoisotopic (exact) mass is 142 g/mol. The first-order chi connectivity index (χ1) is 4.00. The van der Waals surface area contributed by atoms with E-state index in [0.29, 0.717) is 5.78 Å². The lowest BCUT2D eigenvalue weighted by Crippen LogP contribution is -2.37. The first kappa shape index (κ1) is 7.00. The maximum atomic E-state index is 10.6. The highest BCUT2D eigenvalue weighted by molar-refractivity contribution is 6.78. The lowest BCUT2D eigenvalue weighted by atomic mass is 9.98. The van der Waals surface area contributed by atoms with Crippen molar-refractivity contribution in [2.75, 3.05) is 0 Å². The van der Waals surface area contributed by atoms with Crippen LogP contribution in [0, 0.1) is 0 Å². The zero-order valence-electron chi connectivity index (χ0n) is 6.40. The summed E-state index contributed by atoms with van der Waals surface area (Å²) in [7, 11) is -0.936. The number of hydrogen-bond donors (Lipinski definition) is 0. The third kappa shape index (κ3) is 1.42. The minimum atomic E-state index is -0.936. The third-order valence-electron chi connectivity index (χ3n) is 2.17. The van der Waals surface area contributed by atoms with Gasteiger partial charge in [-0.1, -0.05) is 19.6 Å². The molecule has 9 heavy (non-hydrogen) atoms. The molecule has 0 aromatic heterocycles. The van der Waals surface area contributed by atoms with E-state index in [1.165, 1.54) is 0 Å². The highest BCUT2D eigenvalue weighted by Gasteiger charge is 2.36. The van der Waals surface area contributed by atoms with Crippen molar-refractivity contribution in [1.29, 1.82) is 0 Å². The van der Waals surface area contributed by atoms with E-state index in [-0.39, 0.29) is 0 Å². The van der Waals surface area contributed by atoms with Crippen molar-refractivity contribution < 1.29 is 4.79 Å². The summed E-state index contributed by atoms with van der Waals surface area (Å²) in [6, 6.07) is 0. The standard InChI is InChI=1S/C7H14OSi/c1-9(2,3)7-4-6(8)5-7/h7H,4-5H2,1-3H3.